The topological polar surface area (TPSA) is 78.6 Å². The normalized spacial score (nSPS) is 11.5. The minimum absolute atomic E-state index is 0.300. The summed E-state index contributed by atoms with van der Waals surface area (Å²) in [5, 5.41) is 14.1. The minimum Gasteiger partial charge on any atom is -0.486 e. The number of nitrogens with zero attached hydrogens (tertiary/aromatic N) is 4. The molecule has 4 aromatic rings. The van der Waals surface area contributed by atoms with Crippen molar-refractivity contribution in [3.05, 3.63) is 70.3 Å². The first-order valence-electron chi connectivity index (χ1n) is 9.11. The monoisotopic (exact) mass is 442 g/mol. The molecule has 0 spiro atoms. The molecule has 154 valence electrons. The van der Waals surface area contributed by atoms with Crippen molar-refractivity contribution in [2.24, 2.45) is 5.10 Å². The summed E-state index contributed by atoms with van der Waals surface area (Å²) in [5.41, 5.74) is 1.95. The van der Waals surface area contributed by atoms with Crippen molar-refractivity contribution in [2.45, 2.75) is 25.6 Å². The largest absolute Gasteiger partial charge is 0.486 e. The van der Waals surface area contributed by atoms with Gasteiger partial charge >= 0.3 is 0 Å². The van der Waals surface area contributed by atoms with Crippen LogP contribution in [0.5, 0.6) is 5.75 Å². The summed E-state index contributed by atoms with van der Waals surface area (Å²) in [4.78, 5) is 0. The third kappa shape index (κ3) is 4.29. The van der Waals surface area contributed by atoms with Crippen LogP contribution in [0, 0.1) is 13.8 Å². The predicted molar refractivity (Wildman–Crippen MR) is 116 cm³/mol. The van der Waals surface area contributed by atoms with E-state index in [2.05, 4.69) is 15.3 Å². The number of rotatable bonds is 7. The van der Waals surface area contributed by atoms with E-state index in [-0.39, 0.29) is 0 Å². The van der Waals surface area contributed by atoms with Gasteiger partial charge in [0.05, 0.1) is 12.5 Å². The van der Waals surface area contributed by atoms with Gasteiger partial charge < -0.3 is 13.6 Å². The van der Waals surface area contributed by atoms with Crippen molar-refractivity contribution < 1.29 is 13.6 Å². The standard InChI is InChI=1S/C21H19ClN4O3S/c1-13-9-17(10-14(2)19(13)22)28-12-16-7-6-15(29-16)11-23-26-20(18-5-4-8-27-18)24-25-21(26)30-3/h4-11H,12H2,1-3H3. The van der Waals surface area contributed by atoms with Crippen LogP contribution in [-0.2, 0) is 6.61 Å². The Morgan fingerprint density at radius 2 is 2.00 bits per heavy atom. The Hall–Kier alpha value is -2.97. The van der Waals surface area contributed by atoms with Crippen LogP contribution in [0.3, 0.4) is 0 Å². The van der Waals surface area contributed by atoms with E-state index in [1.54, 1.807) is 23.2 Å². The van der Waals surface area contributed by atoms with Gasteiger partial charge in [-0.1, -0.05) is 23.4 Å². The van der Waals surface area contributed by atoms with Crippen molar-refractivity contribution in [1.82, 2.24) is 14.9 Å². The SMILES string of the molecule is CSc1nnc(-c2ccco2)n1N=Cc1ccc(COc2cc(C)c(Cl)c(C)c2)o1. The lowest BCUT2D eigenvalue weighted by Crippen LogP contribution is -1.96. The highest BCUT2D eigenvalue weighted by molar-refractivity contribution is 7.98. The first kappa shape index (κ1) is 20.3. The van der Waals surface area contributed by atoms with E-state index in [1.165, 1.54) is 11.8 Å². The maximum atomic E-state index is 6.21. The molecule has 0 fully saturated rings. The zero-order valence-electron chi connectivity index (χ0n) is 16.6. The van der Waals surface area contributed by atoms with E-state index in [0.29, 0.717) is 34.9 Å². The van der Waals surface area contributed by atoms with Crippen LogP contribution in [0.4, 0.5) is 0 Å². The third-order valence-electron chi connectivity index (χ3n) is 4.31. The van der Waals surface area contributed by atoms with Crippen LogP contribution in [-0.4, -0.2) is 27.3 Å². The molecule has 0 aliphatic heterocycles. The second kappa shape index (κ2) is 8.81. The van der Waals surface area contributed by atoms with Gasteiger partial charge in [-0.25, -0.2) is 0 Å². The molecule has 0 saturated heterocycles. The Labute approximate surface area is 182 Å². The van der Waals surface area contributed by atoms with Crippen molar-refractivity contribution in [1.29, 1.82) is 0 Å². The molecule has 1 aromatic carbocycles. The number of aromatic nitrogens is 3. The molecule has 0 atom stereocenters. The molecule has 30 heavy (non-hydrogen) atoms. The van der Waals surface area contributed by atoms with Crippen molar-refractivity contribution in [2.75, 3.05) is 6.26 Å². The van der Waals surface area contributed by atoms with Gasteiger partial charge in [-0.05, 0) is 67.6 Å². The van der Waals surface area contributed by atoms with Gasteiger partial charge in [-0.2, -0.15) is 9.78 Å². The van der Waals surface area contributed by atoms with E-state index in [0.717, 1.165) is 21.9 Å². The van der Waals surface area contributed by atoms with Gasteiger partial charge in [-0.3, -0.25) is 0 Å². The molecule has 0 saturated carbocycles. The number of halogens is 1. The molecule has 7 nitrogen and oxygen atoms in total. The Morgan fingerprint density at radius 3 is 2.70 bits per heavy atom. The number of ether oxygens (including phenoxy) is 1. The van der Waals surface area contributed by atoms with Crippen LogP contribution in [0.2, 0.25) is 5.02 Å². The number of hydrogen-bond donors (Lipinski definition) is 0. The van der Waals surface area contributed by atoms with Gasteiger partial charge in [0, 0.05) is 5.02 Å². The molecular formula is C21H19ClN4O3S. The Morgan fingerprint density at radius 1 is 1.20 bits per heavy atom. The van der Waals surface area contributed by atoms with Gasteiger partial charge in [-0.15, -0.1) is 10.2 Å². The maximum absolute atomic E-state index is 6.21. The average molecular weight is 443 g/mol. The molecular weight excluding hydrogens is 424 g/mol. The second-order valence-corrected chi connectivity index (χ2v) is 7.66. The van der Waals surface area contributed by atoms with Crippen LogP contribution >= 0.6 is 23.4 Å². The fourth-order valence-electron chi connectivity index (χ4n) is 2.86. The number of furan rings is 2. The van der Waals surface area contributed by atoms with Crippen LogP contribution in [0.25, 0.3) is 11.6 Å². The van der Waals surface area contributed by atoms with Gasteiger partial charge in [0.25, 0.3) is 0 Å². The molecule has 0 amide bonds. The number of hydrogen-bond acceptors (Lipinski definition) is 7. The maximum Gasteiger partial charge on any atom is 0.221 e. The van der Waals surface area contributed by atoms with Gasteiger partial charge in [0.15, 0.2) is 5.76 Å². The minimum atomic E-state index is 0.300. The summed E-state index contributed by atoms with van der Waals surface area (Å²) in [6.45, 7) is 4.21. The summed E-state index contributed by atoms with van der Waals surface area (Å²) in [6, 6.07) is 11.1. The smallest absolute Gasteiger partial charge is 0.221 e. The zero-order chi connectivity index (χ0) is 21.1. The lowest BCUT2D eigenvalue weighted by Gasteiger charge is -2.08. The summed E-state index contributed by atoms with van der Waals surface area (Å²) < 4.78 is 18.7. The summed E-state index contributed by atoms with van der Waals surface area (Å²) in [5.74, 6) is 3.12. The Balaban J connectivity index is 1.48. The van der Waals surface area contributed by atoms with Crippen LogP contribution in [0.15, 0.2) is 61.8 Å². The number of thioether (sulfide) groups is 1. The highest BCUT2D eigenvalue weighted by Gasteiger charge is 2.15. The quantitative estimate of drug-likeness (QED) is 0.274. The van der Waals surface area contributed by atoms with E-state index >= 15 is 0 Å². The zero-order valence-corrected chi connectivity index (χ0v) is 18.2. The van der Waals surface area contributed by atoms with Crippen molar-refractivity contribution in [3.8, 4) is 17.3 Å². The Bertz CT molecular complexity index is 1160. The van der Waals surface area contributed by atoms with Gasteiger partial charge in [0.1, 0.15) is 23.9 Å². The fraction of sp³-hybridized carbons (Fsp3) is 0.190. The number of benzene rings is 1. The first-order valence-corrected chi connectivity index (χ1v) is 10.7. The first-order chi connectivity index (χ1) is 14.5. The predicted octanol–water partition coefficient (Wildman–Crippen LogP) is 5.58. The van der Waals surface area contributed by atoms with E-state index in [1.807, 2.05) is 50.4 Å². The summed E-state index contributed by atoms with van der Waals surface area (Å²) in [7, 11) is 0. The van der Waals surface area contributed by atoms with E-state index < -0.39 is 0 Å². The van der Waals surface area contributed by atoms with Crippen LogP contribution in [0.1, 0.15) is 22.6 Å². The van der Waals surface area contributed by atoms with E-state index in [4.69, 9.17) is 25.2 Å². The molecule has 0 unspecified atom stereocenters. The third-order valence-corrected chi connectivity index (χ3v) is 5.53. The highest BCUT2D eigenvalue weighted by atomic mass is 35.5. The molecule has 4 rings (SSSR count). The summed E-state index contributed by atoms with van der Waals surface area (Å²) in [6.07, 6.45) is 5.10. The van der Waals surface area contributed by atoms with Gasteiger partial charge in [0.2, 0.25) is 11.0 Å². The Kier molecular flexibility index (Phi) is 5.96. The molecule has 3 aromatic heterocycles. The molecule has 0 bridgehead atoms. The van der Waals surface area contributed by atoms with Crippen LogP contribution < -0.4 is 4.74 Å². The molecule has 0 N–H and O–H groups in total. The second-order valence-electron chi connectivity index (χ2n) is 6.51. The van der Waals surface area contributed by atoms with Crippen molar-refractivity contribution >= 4 is 29.6 Å². The molecule has 0 aliphatic carbocycles. The van der Waals surface area contributed by atoms with Crippen molar-refractivity contribution in [3.63, 3.8) is 0 Å². The van der Waals surface area contributed by atoms with E-state index in [9.17, 15) is 0 Å². The summed E-state index contributed by atoms with van der Waals surface area (Å²) >= 11 is 7.64. The average Bonchev–Trinajstić information content (AvgIpc) is 3.49. The lowest BCUT2D eigenvalue weighted by molar-refractivity contribution is 0.269. The molecule has 9 heteroatoms. The molecule has 0 radical (unpaired) electrons. The lowest BCUT2D eigenvalue weighted by atomic mass is 10.1. The fourth-order valence-corrected chi connectivity index (χ4v) is 3.39. The molecule has 3 heterocycles. The number of aryl methyl sites for hydroxylation is 2. The highest BCUT2D eigenvalue weighted by Crippen LogP contribution is 2.27. The molecule has 0 aliphatic rings.